The van der Waals surface area contributed by atoms with Crippen LogP contribution in [-0.2, 0) is 67.1 Å². The van der Waals surface area contributed by atoms with E-state index < -0.39 is 0 Å². The van der Waals surface area contributed by atoms with Gasteiger partial charge in [0, 0.05) is 17.3 Å². The van der Waals surface area contributed by atoms with Gasteiger partial charge in [-0.25, -0.2) is 0 Å². The van der Waals surface area contributed by atoms with Crippen molar-refractivity contribution >= 4 is 53.2 Å². The quantitative estimate of drug-likeness (QED) is 0.0405. The van der Waals surface area contributed by atoms with E-state index in [1.54, 1.807) is 11.8 Å². The number of phenols is 1. The summed E-state index contributed by atoms with van der Waals surface area (Å²) in [4.78, 5) is 36.6. The molecule has 49 heavy (non-hydrogen) atoms. The number of hydrogen-bond acceptors (Lipinski definition) is 10. The smallest absolute Gasteiger partial charge is 0.311 e. The van der Waals surface area contributed by atoms with Gasteiger partial charge in [0.05, 0.1) is 19.3 Å². The fourth-order valence-electron chi connectivity index (χ4n) is 4.85. The van der Waals surface area contributed by atoms with Gasteiger partial charge in [-0.1, -0.05) is 103 Å². The predicted octanol–water partition coefficient (Wildman–Crippen LogP) is 7.45. The number of hydrogen-bond donors (Lipinski definition) is 1. The molecule has 258 valence electrons. The van der Waals surface area contributed by atoms with Crippen molar-refractivity contribution in [3.8, 4) is 5.75 Å². The Balaban J connectivity index is 1.24. The van der Waals surface area contributed by atoms with Gasteiger partial charge in [0.1, 0.15) is 23.6 Å². The molecule has 0 aliphatic heterocycles. The Bertz CT molecular complexity index is 1500. The van der Waals surface area contributed by atoms with Gasteiger partial charge in [-0.15, -0.1) is 35.3 Å². The Labute approximate surface area is 301 Å². The number of carbonyl (C=O) groups excluding carboxylic acids is 3. The van der Waals surface area contributed by atoms with Crippen molar-refractivity contribution < 1.29 is 33.7 Å². The molecule has 10 heteroatoms. The minimum Gasteiger partial charge on any atom is -0.507 e. The van der Waals surface area contributed by atoms with Crippen molar-refractivity contribution in [2.45, 2.75) is 38.5 Å². The highest BCUT2D eigenvalue weighted by Gasteiger charge is 2.13. The largest absolute Gasteiger partial charge is 0.507 e. The number of ether oxygens (including phenoxy) is 3. The fourth-order valence-corrected chi connectivity index (χ4v) is 6.96. The molecule has 0 bridgehead atoms. The summed E-state index contributed by atoms with van der Waals surface area (Å²) in [5.41, 5.74) is 5.53. The van der Waals surface area contributed by atoms with Gasteiger partial charge in [0.15, 0.2) is 0 Å². The molecule has 0 saturated carbocycles. The fraction of sp³-hybridized carbons (Fsp3) is 0.308. The molecule has 4 aromatic carbocycles. The van der Waals surface area contributed by atoms with Crippen molar-refractivity contribution in [3.05, 3.63) is 137 Å². The molecule has 0 aliphatic rings. The van der Waals surface area contributed by atoms with E-state index in [4.69, 9.17) is 14.2 Å². The molecule has 0 fully saturated rings. The molecule has 0 saturated heterocycles. The van der Waals surface area contributed by atoms with Gasteiger partial charge in [-0.2, -0.15) is 0 Å². The second-order valence-electron chi connectivity index (χ2n) is 11.1. The highest BCUT2D eigenvalue weighted by atomic mass is 32.2. The molecule has 4 rings (SSSR count). The first-order valence-corrected chi connectivity index (χ1v) is 19.6. The molecular formula is C39H42O7S3. The molecule has 4 aromatic rings. The van der Waals surface area contributed by atoms with Crippen molar-refractivity contribution in [2.75, 3.05) is 35.1 Å². The summed E-state index contributed by atoms with van der Waals surface area (Å²) in [5, 5.41) is 11.2. The Morgan fingerprint density at radius 3 is 1.14 bits per heavy atom. The van der Waals surface area contributed by atoms with E-state index in [-0.39, 0.29) is 60.7 Å². The molecule has 0 aliphatic carbocycles. The highest BCUT2D eigenvalue weighted by molar-refractivity contribution is 7.99. The number of aryl methyl sites for hydroxylation is 3. The van der Waals surface area contributed by atoms with Crippen LogP contribution in [0, 0.1) is 0 Å². The number of phenolic OH excluding ortho intramolecular Hbond substituents is 1. The first-order chi connectivity index (χ1) is 24.0. The van der Waals surface area contributed by atoms with Gasteiger partial charge in [-0.05, 0) is 52.6 Å². The SMILES string of the molecule is O=C(Cc1ccccc1)OCSCCc1cc(CCSCOC(=O)Cc2ccccc2)c(O)c(CCSCOC(=O)Cc2ccccc2)c1. The minimum absolute atomic E-state index is 0.238. The molecule has 0 unspecified atom stereocenters. The number of benzene rings is 4. The van der Waals surface area contributed by atoms with E-state index in [9.17, 15) is 19.5 Å². The Morgan fingerprint density at radius 2 is 0.796 bits per heavy atom. The number of thioether (sulfide) groups is 3. The van der Waals surface area contributed by atoms with Crippen LogP contribution in [-0.4, -0.2) is 58.1 Å². The Kier molecular flexibility index (Phi) is 17.0. The van der Waals surface area contributed by atoms with E-state index in [1.807, 2.05) is 103 Å². The van der Waals surface area contributed by atoms with Crippen molar-refractivity contribution in [2.24, 2.45) is 0 Å². The van der Waals surface area contributed by atoms with Crippen LogP contribution < -0.4 is 0 Å². The van der Waals surface area contributed by atoms with Gasteiger partial charge in [-0.3, -0.25) is 14.4 Å². The zero-order valence-electron chi connectivity index (χ0n) is 27.4. The van der Waals surface area contributed by atoms with Crippen LogP contribution in [0.4, 0.5) is 0 Å². The van der Waals surface area contributed by atoms with Gasteiger partial charge < -0.3 is 19.3 Å². The Morgan fingerprint density at radius 1 is 0.469 bits per heavy atom. The molecule has 0 aromatic heterocycles. The maximum Gasteiger partial charge on any atom is 0.311 e. The lowest BCUT2D eigenvalue weighted by Crippen LogP contribution is -2.08. The van der Waals surface area contributed by atoms with Crippen LogP contribution in [0.25, 0.3) is 0 Å². The lowest BCUT2D eigenvalue weighted by molar-refractivity contribution is -0.141. The van der Waals surface area contributed by atoms with Crippen molar-refractivity contribution in [3.63, 3.8) is 0 Å². The normalized spacial score (nSPS) is 10.8. The maximum atomic E-state index is 12.2. The average Bonchev–Trinajstić information content (AvgIpc) is 3.10. The Hall–Kier alpha value is -3.86. The maximum absolute atomic E-state index is 12.2. The molecular weight excluding hydrogens is 677 g/mol. The zero-order chi connectivity index (χ0) is 34.5. The molecule has 0 atom stereocenters. The van der Waals surface area contributed by atoms with Crippen LogP contribution in [0.1, 0.15) is 33.4 Å². The monoisotopic (exact) mass is 718 g/mol. The van der Waals surface area contributed by atoms with Crippen LogP contribution in [0.2, 0.25) is 0 Å². The summed E-state index contributed by atoms with van der Waals surface area (Å²) in [6.45, 7) is 0. The van der Waals surface area contributed by atoms with Gasteiger partial charge >= 0.3 is 17.9 Å². The first-order valence-electron chi connectivity index (χ1n) is 16.1. The van der Waals surface area contributed by atoms with Crippen LogP contribution in [0.5, 0.6) is 5.75 Å². The third-order valence-electron chi connectivity index (χ3n) is 7.38. The highest BCUT2D eigenvalue weighted by Crippen LogP contribution is 2.28. The second kappa shape index (κ2) is 22.0. The predicted molar refractivity (Wildman–Crippen MR) is 200 cm³/mol. The second-order valence-corrected chi connectivity index (χ2v) is 14.3. The minimum atomic E-state index is -0.266. The third kappa shape index (κ3) is 15.1. The summed E-state index contributed by atoms with van der Waals surface area (Å²) in [5.74, 6) is 2.36. The molecule has 7 nitrogen and oxygen atoms in total. The third-order valence-corrected chi connectivity index (χ3v) is 9.71. The lowest BCUT2D eigenvalue weighted by Gasteiger charge is -2.14. The van der Waals surface area contributed by atoms with Gasteiger partial charge in [0.2, 0.25) is 0 Å². The first kappa shape index (κ1) is 38.0. The number of esters is 3. The standard InChI is InChI=1S/C39H42O7S3/c40-36(24-30-10-4-1-5-11-30)44-27-47-19-16-33-22-34(17-20-48-28-45-37(41)25-31-12-6-2-7-13-31)39(43)35(23-33)18-21-49-29-46-38(42)26-32-14-8-3-9-15-32/h1-15,22-23,43H,16-21,24-29H2. The summed E-state index contributed by atoms with van der Waals surface area (Å²) in [6.07, 6.45) is 2.70. The molecule has 0 amide bonds. The summed E-state index contributed by atoms with van der Waals surface area (Å²) >= 11 is 4.55. The summed E-state index contributed by atoms with van der Waals surface area (Å²) < 4.78 is 16.2. The van der Waals surface area contributed by atoms with Crippen LogP contribution in [0.3, 0.4) is 0 Å². The number of aromatic hydroxyl groups is 1. The zero-order valence-corrected chi connectivity index (χ0v) is 29.9. The summed E-state index contributed by atoms with van der Waals surface area (Å²) in [7, 11) is 0. The summed E-state index contributed by atoms with van der Waals surface area (Å²) in [6, 6.07) is 32.6. The van der Waals surface area contributed by atoms with E-state index in [0.717, 1.165) is 45.6 Å². The molecule has 1 N–H and O–H groups in total. The molecule has 0 spiro atoms. The number of rotatable bonds is 21. The topological polar surface area (TPSA) is 99.1 Å². The van der Waals surface area contributed by atoms with Gasteiger partial charge in [0.25, 0.3) is 0 Å². The molecule has 0 radical (unpaired) electrons. The van der Waals surface area contributed by atoms with Crippen LogP contribution >= 0.6 is 35.3 Å². The lowest BCUT2D eigenvalue weighted by atomic mass is 9.99. The van der Waals surface area contributed by atoms with E-state index in [1.165, 1.54) is 23.5 Å². The molecule has 0 heterocycles. The van der Waals surface area contributed by atoms with Crippen molar-refractivity contribution in [1.29, 1.82) is 0 Å². The van der Waals surface area contributed by atoms with E-state index >= 15 is 0 Å². The number of carbonyl (C=O) groups is 3. The van der Waals surface area contributed by atoms with E-state index in [2.05, 4.69) is 0 Å². The van der Waals surface area contributed by atoms with Crippen LogP contribution in [0.15, 0.2) is 103 Å². The van der Waals surface area contributed by atoms with Crippen molar-refractivity contribution in [1.82, 2.24) is 0 Å². The van der Waals surface area contributed by atoms with E-state index in [0.29, 0.717) is 24.3 Å². The average molecular weight is 719 g/mol.